The van der Waals surface area contributed by atoms with Gasteiger partial charge in [-0.1, -0.05) is 61.8 Å². The van der Waals surface area contributed by atoms with Gasteiger partial charge < -0.3 is 0 Å². The fourth-order valence-corrected chi connectivity index (χ4v) is 7.21. The van der Waals surface area contributed by atoms with Crippen molar-refractivity contribution in [3.8, 4) is 0 Å². The second-order valence-corrected chi connectivity index (χ2v) is 9.23. The summed E-state index contributed by atoms with van der Waals surface area (Å²) in [4.78, 5) is 0. The summed E-state index contributed by atoms with van der Waals surface area (Å²) in [5.41, 5.74) is 4.23. The van der Waals surface area contributed by atoms with Gasteiger partial charge in [0.1, 0.15) is 0 Å². The molecule has 4 rings (SSSR count). The summed E-state index contributed by atoms with van der Waals surface area (Å²) in [6.45, 7) is 11.6. The van der Waals surface area contributed by atoms with Crippen molar-refractivity contribution in [2.24, 2.45) is 34.5 Å². The van der Waals surface area contributed by atoms with Crippen LogP contribution in [0.2, 0.25) is 0 Å². The van der Waals surface area contributed by atoms with Gasteiger partial charge in [0.2, 0.25) is 0 Å². The van der Waals surface area contributed by atoms with Crippen molar-refractivity contribution in [3.05, 3.63) is 48.1 Å². The SMILES string of the molecule is C=CCC1C[C@H]2[C@@H]3CCC4=CCC=C[C@]4(C)C3=CC[C@]2(C)[C@H]1CC. The third-order valence-corrected chi connectivity index (χ3v) is 8.32. The lowest BCUT2D eigenvalue weighted by molar-refractivity contribution is 0.0846. The van der Waals surface area contributed by atoms with Gasteiger partial charge >= 0.3 is 0 Å². The van der Waals surface area contributed by atoms with Crippen LogP contribution in [0, 0.1) is 34.5 Å². The monoisotopic (exact) mass is 322 g/mol. The van der Waals surface area contributed by atoms with E-state index in [9.17, 15) is 0 Å². The largest absolute Gasteiger partial charge is 0.103 e. The first kappa shape index (κ1) is 16.4. The maximum Gasteiger partial charge on any atom is 0.0275 e. The lowest BCUT2D eigenvalue weighted by Crippen LogP contribution is -2.43. The van der Waals surface area contributed by atoms with Crippen LogP contribution in [0.15, 0.2) is 48.1 Å². The van der Waals surface area contributed by atoms with Gasteiger partial charge in [0.15, 0.2) is 0 Å². The van der Waals surface area contributed by atoms with Crippen LogP contribution >= 0.6 is 0 Å². The van der Waals surface area contributed by atoms with Crippen LogP contribution in [0.25, 0.3) is 0 Å². The van der Waals surface area contributed by atoms with E-state index in [0.717, 1.165) is 30.1 Å². The number of hydrogen-bond donors (Lipinski definition) is 0. The summed E-state index contributed by atoms with van der Waals surface area (Å²) in [6.07, 6.45) is 21.4. The van der Waals surface area contributed by atoms with Crippen molar-refractivity contribution < 1.29 is 0 Å². The van der Waals surface area contributed by atoms with Crippen LogP contribution in [0.3, 0.4) is 0 Å². The maximum absolute atomic E-state index is 4.05. The average Bonchev–Trinajstić information content (AvgIpc) is 2.86. The highest BCUT2D eigenvalue weighted by Gasteiger charge is 2.57. The number of allylic oxidation sites excluding steroid dienone is 7. The summed E-state index contributed by atoms with van der Waals surface area (Å²) in [7, 11) is 0. The van der Waals surface area contributed by atoms with Crippen molar-refractivity contribution in [2.45, 2.75) is 65.7 Å². The maximum atomic E-state index is 4.05. The molecule has 1 unspecified atom stereocenters. The van der Waals surface area contributed by atoms with E-state index in [-0.39, 0.29) is 5.41 Å². The highest BCUT2D eigenvalue weighted by molar-refractivity contribution is 5.43. The van der Waals surface area contributed by atoms with Crippen LogP contribution in [0.4, 0.5) is 0 Å². The summed E-state index contributed by atoms with van der Waals surface area (Å²) in [6, 6.07) is 0. The molecule has 2 fully saturated rings. The van der Waals surface area contributed by atoms with Crippen molar-refractivity contribution in [1.29, 1.82) is 0 Å². The summed E-state index contributed by atoms with van der Waals surface area (Å²) >= 11 is 0. The third-order valence-electron chi connectivity index (χ3n) is 8.32. The van der Waals surface area contributed by atoms with E-state index in [2.05, 4.69) is 57.7 Å². The Bertz CT molecular complexity index is 618. The van der Waals surface area contributed by atoms with Gasteiger partial charge in [-0.2, -0.15) is 0 Å². The molecule has 0 saturated heterocycles. The van der Waals surface area contributed by atoms with E-state index < -0.39 is 0 Å². The van der Waals surface area contributed by atoms with Gasteiger partial charge in [-0.3, -0.25) is 0 Å². The Balaban J connectivity index is 1.72. The van der Waals surface area contributed by atoms with Gasteiger partial charge in [-0.05, 0) is 74.5 Å². The van der Waals surface area contributed by atoms with E-state index in [0.29, 0.717) is 5.41 Å². The first-order chi connectivity index (χ1) is 11.5. The molecule has 0 nitrogen and oxygen atoms in total. The van der Waals surface area contributed by atoms with Crippen LogP contribution in [-0.2, 0) is 0 Å². The minimum atomic E-state index is 0.237. The van der Waals surface area contributed by atoms with Crippen LogP contribution in [0.5, 0.6) is 0 Å². The molecule has 0 radical (unpaired) electrons. The first-order valence-corrected chi connectivity index (χ1v) is 10.2. The van der Waals surface area contributed by atoms with E-state index in [1.54, 1.807) is 11.1 Å². The predicted octanol–water partition coefficient (Wildman–Crippen LogP) is 6.86. The Kier molecular flexibility index (Phi) is 3.94. The zero-order chi connectivity index (χ0) is 16.9. The zero-order valence-electron chi connectivity index (χ0n) is 15.9. The van der Waals surface area contributed by atoms with Crippen molar-refractivity contribution in [1.82, 2.24) is 0 Å². The minimum Gasteiger partial charge on any atom is -0.103 e. The van der Waals surface area contributed by atoms with E-state index >= 15 is 0 Å². The van der Waals surface area contributed by atoms with Gasteiger partial charge in [0.25, 0.3) is 0 Å². The fraction of sp³-hybridized carbons (Fsp3) is 0.667. The molecule has 0 spiro atoms. The van der Waals surface area contributed by atoms with Gasteiger partial charge in [-0.25, -0.2) is 0 Å². The molecule has 0 aliphatic heterocycles. The van der Waals surface area contributed by atoms with Crippen LogP contribution < -0.4 is 0 Å². The fourth-order valence-electron chi connectivity index (χ4n) is 7.21. The normalized spacial score (nSPS) is 46.5. The van der Waals surface area contributed by atoms with Gasteiger partial charge in [0, 0.05) is 5.41 Å². The minimum absolute atomic E-state index is 0.237. The molecule has 4 aliphatic rings. The Hall–Kier alpha value is -1.04. The molecule has 0 heterocycles. The summed E-state index contributed by atoms with van der Waals surface area (Å²) in [5, 5.41) is 0. The molecular formula is C24H34. The molecule has 0 aromatic carbocycles. The molecule has 0 aromatic rings. The standard InChI is InChI=1S/C24H34/c1-5-9-17-16-22-19-12-11-18-10-7-8-14-23(18,3)21(19)13-15-24(22,4)20(17)6-2/h5,8,10,13-14,17,19-20,22H,1,6-7,9,11-12,15-16H2,2-4H3/t17?,19-,20+,22+,23+,24-/m1/s1. The second kappa shape index (κ2) is 5.75. The van der Waals surface area contributed by atoms with E-state index in [1.807, 2.05) is 0 Å². The molecule has 24 heavy (non-hydrogen) atoms. The van der Waals surface area contributed by atoms with Crippen LogP contribution in [0.1, 0.15) is 65.7 Å². The topological polar surface area (TPSA) is 0 Å². The zero-order valence-corrected chi connectivity index (χ0v) is 15.9. The van der Waals surface area contributed by atoms with Crippen LogP contribution in [-0.4, -0.2) is 0 Å². The lowest BCUT2D eigenvalue weighted by Gasteiger charge is -2.52. The van der Waals surface area contributed by atoms with Crippen molar-refractivity contribution >= 4 is 0 Å². The average molecular weight is 323 g/mol. The highest BCUT2D eigenvalue weighted by atomic mass is 14.6. The Labute approximate surface area is 148 Å². The number of fused-ring (bicyclic) bond motifs is 5. The summed E-state index contributed by atoms with van der Waals surface area (Å²) < 4.78 is 0. The molecule has 6 atom stereocenters. The molecule has 0 heteroatoms. The molecular weight excluding hydrogens is 288 g/mol. The molecule has 0 N–H and O–H groups in total. The molecule has 0 aromatic heterocycles. The Morgan fingerprint density at radius 3 is 2.88 bits per heavy atom. The smallest absolute Gasteiger partial charge is 0.0275 e. The van der Waals surface area contributed by atoms with E-state index in [4.69, 9.17) is 0 Å². The van der Waals surface area contributed by atoms with Gasteiger partial charge in [0.05, 0.1) is 0 Å². The van der Waals surface area contributed by atoms with Gasteiger partial charge in [-0.15, -0.1) is 6.58 Å². The quantitative estimate of drug-likeness (QED) is 0.498. The molecule has 0 bridgehead atoms. The Morgan fingerprint density at radius 2 is 2.12 bits per heavy atom. The number of hydrogen-bond acceptors (Lipinski definition) is 0. The third kappa shape index (κ3) is 2.11. The lowest BCUT2D eigenvalue weighted by atomic mass is 9.52. The highest BCUT2D eigenvalue weighted by Crippen LogP contribution is 2.66. The Morgan fingerprint density at radius 1 is 1.29 bits per heavy atom. The molecule has 2 saturated carbocycles. The van der Waals surface area contributed by atoms with Crippen molar-refractivity contribution in [2.75, 3.05) is 0 Å². The molecule has 4 aliphatic carbocycles. The molecule has 130 valence electrons. The second-order valence-electron chi connectivity index (χ2n) is 9.23. The summed E-state index contributed by atoms with van der Waals surface area (Å²) in [5.74, 6) is 3.45. The predicted molar refractivity (Wildman–Crippen MR) is 104 cm³/mol. The van der Waals surface area contributed by atoms with Crippen molar-refractivity contribution in [3.63, 3.8) is 0 Å². The number of rotatable bonds is 3. The first-order valence-electron chi connectivity index (χ1n) is 10.2. The van der Waals surface area contributed by atoms with E-state index in [1.165, 1.54) is 38.5 Å². The molecule has 0 amide bonds.